The molecule has 0 spiro atoms. The van der Waals surface area contributed by atoms with E-state index in [1.165, 1.54) is 43.0 Å². The van der Waals surface area contributed by atoms with Crippen LogP contribution < -0.4 is 5.32 Å². The average Bonchev–Trinajstić information content (AvgIpc) is 2.80. The molecule has 2 aliphatic rings. The van der Waals surface area contributed by atoms with Crippen molar-refractivity contribution in [2.75, 3.05) is 32.8 Å². The van der Waals surface area contributed by atoms with Gasteiger partial charge in [0.1, 0.15) is 10.9 Å². The van der Waals surface area contributed by atoms with Crippen LogP contribution in [-0.2, 0) is 16.1 Å². The van der Waals surface area contributed by atoms with Gasteiger partial charge in [-0.25, -0.2) is 9.97 Å². The molecule has 1 fully saturated rings. The normalized spacial score (nSPS) is 18.5. The molecule has 1 aliphatic heterocycles. The topological polar surface area (TPSA) is 67.3 Å². The molecule has 7 heteroatoms. The van der Waals surface area contributed by atoms with Crippen molar-refractivity contribution in [3.8, 4) is 0 Å². The van der Waals surface area contributed by atoms with E-state index in [2.05, 4.69) is 16.3 Å². The number of rotatable bonds is 8. The Labute approximate surface area is 188 Å². The highest BCUT2D eigenvalue weighted by molar-refractivity contribution is 8.00. The van der Waals surface area contributed by atoms with E-state index in [0.29, 0.717) is 13.1 Å². The van der Waals surface area contributed by atoms with Crippen molar-refractivity contribution in [3.05, 3.63) is 41.7 Å². The fraction of sp³-hybridized carbons (Fsp3) is 0.542. The van der Waals surface area contributed by atoms with Crippen LogP contribution in [0.15, 0.2) is 40.9 Å². The van der Waals surface area contributed by atoms with E-state index in [0.717, 1.165) is 54.5 Å². The number of thioether (sulfide) groups is 1. The lowest BCUT2D eigenvalue weighted by molar-refractivity contribution is -0.120. The van der Waals surface area contributed by atoms with Crippen molar-refractivity contribution in [2.24, 2.45) is 0 Å². The average molecular weight is 441 g/mol. The third-order valence-electron chi connectivity index (χ3n) is 5.87. The fourth-order valence-electron chi connectivity index (χ4n) is 4.06. The first-order valence-electron chi connectivity index (χ1n) is 11.4. The quantitative estimate of drug-likeness (QED) is 0.381. The van der Waals surface area contributed by atoms with Crippen LogP contribution in [0.5, 0.6) is 0 Å². The lowest BCUT2D eigenvalue weighted by atomic mass is 9.97. The SMILES string of the molecule is CC(Sc1nc(CN2CCOCC2)nc2ccccc12)C(=O)NCCC1=CCCCC1. The largest absolute Gasteiger partial charge is 0.379 e. The molecule has 0 saturated carbocycles. The molecule has 1 aromatic heterocycles. The minimum atomic E-state index is -0.213. The van der Waals surface area contributed by atoms with E-state index in [1.54, 1.807) is 0 Å². The number of morpholine rings is 1. The zero-order valence-corrected chi connectivity index (χ0v) is 19.1. The Morgan fingerprint density at radius 2 is 2.06 bits per heavy atom. The van der Waals surface area contributed by atoms with Crippen molar-refractivity contribution in [3.63, 3.8) is 0 Å². The molecular formula is C24H32N4O2S. The molecule has 1 amide bonds. The van der Waals surface area contributed by atoms with Crippen LogP contribution in [0.2, 0.25) is 0 Å². The number of carbonyl (C=O) groups excluding carboxylic acids is 1. The van der Waals surface area contributed by atoms with Gasteiger partial charge in [-0.3, -0.25) is 9.69 Å². The molecule has 0 radical (unpaired) electrons. The predicted molar refractivity (Wildman–Crippen MR) is 125 cm³/mol. The van der Waals surface area contributed by atoms with E-state index in [9.17, 15) is 4.79 Å². The molecule has 2 aromatic rings. The van der Waals surface area contributed by atoms with E-state index < -0.39 is 0 Å². The Bertz CT molecular complexity index is 927. The van der Waals surface area contributed by atoms with Crippen LogP contribution in [0, 0.1) is 0 Å². The summed E-state index contributed by atoms with van der Waals surface area (Å²) in [5.74, 6) is 0.874. The molecule has 0 bridgehead atoms. The number of hydrogen-bond donors (Lipinski definition) is 1. The second-order valence-electron chi connectivity index (χ2n) is 8.26. The summed E-state index contributed by atoms with van der Waals surface area (Å²) < 4.78 is 5.45. The first-order chi connectivity index (χ1) is 15.2. The van der Waals surface area contributed by atoms with Crippen LogP contribution in [0.25, 0.3) is 10.9 Å². The predicted octanol–water partition coefficient (Wildman–Crippen LogP) is 3.95. The van der Waals surface area contributed by atoms with Gasteiger partial charge in [-0.2, -0.15) is 0 Å². The maximum Gasteiger partial charge on any atom is 0.233 e. The summed E-state index contributed by atoms with van der Waals surface area (Å²) in [4.78, 5) is 24.6. The van der Waals surface area contributed by atoms with Gasteiger partial charge in [-0.05, 0) is 45.1 Å². The van der Waals surface area contributed by atoms with Gasteiger partial charge in [-0.1, -0.05) is 41.6 Å². The van der Waals surface area contributed by atoms with Crippen molar-refractivity contribution < 1.29 is 9.53 Å². The highest BCUT2D eigenvalue weighted by Gasteiger charge is 2.19. The summed E-state index contributed by atoms with van der Waals surface area (Å²) in [6, 6.07) is 8.06. The summed E-state index contributed by atoms with van der Waals surface area (Å²) in [5.41, 5.74) is 2.42. The number of nitrogens with zero attached hydrogens (tertiary/aromatic N) is 3. The fourth-order valence-corrected chi connectivity index (χ4v) is 5.04. The number of amides is 1. The van der Waals surface area contributed by atoms with Crippen LogP contribution >= 0.6 is 11.8 Å². The number of carbonyl (C=O) groups is 1. The van der Waals surface area contributed by atoms with Gasteiger partial charge in [0.25, 0.3) is 0 Å². The van der Waals surface area contributed by atoms with Crippen molar-refractivity contribution in [1.82, 2.24) is 20.2 Å². The smallest absolute Gasteiger partial charge is 0.233 e. The van der Waals surface area contributed by atoms with Gasteiger partial charge in [0.15, 0.2) is 0 Å². The molecule has 1 unspecified atom stereocenters. The lowest BCUT2D eigenvalue weighted by Gasteiger charge is -2.26. The number of aromatic nitrogens is 2. The van der Waals surface area contributed by atoms with Gasteiger partial charge in [0.05, 0.1) is 30.5 Å². The van der Waals surface area contributed by atoms with Gasteiger partial charge in [-0.15, -0.1) is 0 Å². The third kappa shape index (κ3) is 6.28. The van der Waals surface area contributed by atoms with Crippen molar-refractivity contribution >= 4 is 28.6 Å². The van der Waals surface area contributed by atoms with E-state index in [-0.39, 0.29) is 11.2 Å². The van der Waals surface area contributed by atoms with E-state index in [1.807, 2.05) is 31.2 Å². The summed E-state index contributed by atoms with van der Waals surface area (Å²) in [6.07, 6.45) is 8.24. The zero-order valence-electron chi connectivity index (χ0n) is 18.3. The second-order valence-corrected chi connectivity index (χ2v) is 9.59. The maximum atomic E-state index is 12.7. The molecule has 1 saturated heterocycles. The van der Waals surface area contributed by atoms with Crippen LogP contribution in [0.1, 0.15) is 44.9 Å². The molecule has 31 heavy (non-hydrogen) atoms. The molecule has 166 valence electrons. The number of ether oxygens (including phenoxy) is 1. The van der Waals surface area contributed by atoms with Crippen LogP contribution in [0.3, 0.4) is 0 Å². The van der Waals surface area contributed by atoms with Crippen LogP contribution in [0.4, 0.5) is 0 Å². The monoisotopic (exact) mass is 440 g/mol. The molecular weight excluding hydrogens is 408 g/mol. The van der Waals surface area contributed by atoms with Gasteiger partial charge in [0, 0.05) is 25.0 Å². The Kier molecular flexibility index (Phi) is 7.94. The van der Waals surface area contributed by atoms with E-state index in [4.69, 9.17) is 14.7 Å². The standard InChI is InChI=1S/C24H32N4O2S/c1-18(23(29)25-12-11-19-7-3-2-4-8-19)31-24-20-9-5-6-10-21(20)26-22(27-24)17-28-13-15-30-16-14-28/h5-7,9-10,18H,2-4,8,11-17H2,1H3,(H,25,29). The molecule has 6 nitrogen and oxygen atoms in total. The first-order valence-corrected chi connectivity index (χ1v) is 12.2. The summed E-state index contributed by atoms with van der Waals surface area (Å²) in [6.45, 7) is 6.67. The Morgan fingerprint density at radius 1 is 1.23 bits per heavy atom. The van der Waals surface area contributed by atoms with E-state index >= 15 is 0 Å². The highest BCUT2D eigenvalue weighted by atomic mass is 32.2. The second kappa shape index (κ2) is 11.1. The summed E-state index contributed by atoms with van der Waals surface area (Å²) in [7, 11) is 0. The molecule has 1 N–H and O–H groups in total. The number of allylic oxidation sites excluding steroid dienone is 1. The lowest BCUT2D eigenvalue weighted by Crippen LogP contribution is -2.36. The summed E-state index contributed by atoms with van der Waals surface area (Å²) >= 11 is 1.52. The minimum Gasteiger partial charge on any atom is -0.379 e. The minimum absolute atomic E-state index is 0.0684. The van der Waals surface area contributed by atoms with Crippen LogP contribution in [-0.4, -0.2) is 58.9 Å². The summed E-state index contributed by atoms with van der Waals surface area (Å²) in [5, 5.41) is 4.79. The zero-order chi connectivity index (χ0) is 21.5. The molecule has 1 aliphatic carbocycles. The molecule has 4 rings (SSSR count). The first kappa shape index (κ1) is 22.2. The van der Waals surface area contributed by atoms with Crippen molar-refractivity contribution in [2.45, 2.75) is 55.8 Å². The number of hydrogen-bond acceptors (Lipinski definition) is 6. The molecule has 1 atom stereocenters. The number of fused-ring (bicyclic) bond motifs is 1. The van der Waals surface area contributed by atoms with Gasteiger partial charge in [0.2, 0.25) is 5.91 Å². The highest BCUT2D eigenvalue weighted by Crippen LogP contribution is 2.29. The van der Waals surface area contributed by atoms with Crippen molar-refractivity contribution in [1.29, 1.82) is 0 Å². The Morgan fingerprint density at radius 3 is 2.87 bits per heavy atom. The van der Waals surface area contributed by atoms with Gasteiger partial charge >= 0.3 is 0 Å². The molecule has 2 heterocycles. The Balaban J connectivity index is 1.40. The number of benzene rings is 1. The Hall–Kier alpha value is -1.96. The third-order valence-corrected chi connectivity index (χ3v) is 6.97. The number of para-hydroxylation sites is 1. The van der Waals surface area contributed by atoms with Gasteiger partial charge < -0.3 is 10.1 Å². The molecule has 1 aromatic carbocycles. The number of nitrogens with one attached hydrogen (secondary N) is 1. The maximum absolute atomic E-state index is 12.7.